The Morgan fingerprint density at radius 2 is 1.89 bits per heavy atom. The summed E-state index contributed by atoms with van der Waals surface area (Å²) in [4.78, 5) is 24.3. The zero-order valence-corrected chi connectivity index (χ0v) is 11.0. The number of hydrogen-bond acceptors (Lipinski definition) is 3. The molecular formula is C14H17NO4. The summed E-state index contributed by atoms with van der Waals surface area (Å²) in [5.74, 6) is -0.520. The van der Waals surface area contributed by atoms with Gasteiger partial charge in [-0.1, -0.05) is 6.07 Å². The number of ether oxygens (including phenoxy) is 1. The van der Waals surface area contributed by atoms with Gasteiger partial charge in [0.2, 0.25) is 0 Å². The highest BCUT2D eigenvalue weighted by atomic mass is 16.6. The average molecular weight is 263 g/mol. The number of benzene rings is 1. The lowest BCUT2D eigenvalue weighted by molar-refractivity contribution is -0.141. The monoisotopic (exact) mass is 263 g/mol. The summed E-state index contributed by atoms with van der Waals surface area (Å²) in [6.45, 7) is 4.26. The van der Waals surface area contributed by atoms with Crippen molar-refractivity contribution in [1.82, 2.24) is 4.90 Å². The number of hydrogen-bond donors (Lipinski definition) is 1. The summed E-state index contributed by atoms with van der Waals surface area (Å²) in [5.41, 5.74) is 2.00. The SMILES string of the molecule is Cc1cc(C)cc(OC(=O)N2CCCC2C(=O)O)c1. The maximum absolute atomic E-state index is 12.0. The molecule has 1 aromatic carbocycles. The maximum atomic E-state index is 12.0. The van der Waals surface area contributed by atoms with Crippen LogP contribution in [-0.2, 0) is 4.79 Å². The van der Waals surface area contributed by atoms with Crippen LogP contribution in [0.4, 0.5) is 4.79 Å². The summed E-state index contributed by atoms with van der Waals surface area (Å²) in [5, 5.41) is 9.04. The van der Waals surface area contributed by atoms with Gasteiger partial charge in [-0.3, -0.25) is 4.90 Å². The highest BCUT2D eigenvalue weighted by molar-refractivity contribution is 5.81. The molecule has 1 amide bonds. The first-order valence-corrected chi connectivity index (χ1v) is 6.27. The average Bonchev–Trinajstić information content (AvgIpc) is 2.75. The molecule has 1 unspecified atom stereocenters. The Balaban J connectivity index is 2.10. The normalized spacial score (nSPS) is 18.4. The molecule has 1 aromatic rings. The number of rotatable bonds is 2. The summed E-state index contributed by atoms with van der Waals surface area (Å²) < 4.78 is 5.26. The fourth-order valence-electron chi connectivity index (χ4n) is 2.39. The molecule has 1 heterocycles. The van der Waals surface area contributed by atoms with Gasteiger partial charge in [0.05, 0.1) is 0 Å². The van der Waals surface area contributed by atoms with E-state index in [-0.39, 0.29) is 0 Å². The van der Waals surface area contributed by atoms with E-state index in [4.69, 9.17) is 9.84 Å². The smallest absolute Gasteiger partial charge is 0.415 e. The van der Waals surface area contributed by atoms with Crippen molar-refractivity contribution in [1.29, 1.82) is 0 Å². The fraction of sp³-hybridized carbons (Fsp3) is 0.429. The van der Waals surface area contributed by atoms with Crippen LogP contribution in [0.1, 0.15) is 24.0 Å². The largest absolute Gasteiger partial charge is 0.480 e. The first-order valence-electron chi connectivity index (χ1n) is 6.27. The summed E-state index contributed by atoms with van der Waals surface area (Å²) in [6.07, 6.45) is 0.589. The third kappa shape index (κ3) is 3.05. The number of carboxylic acids is 1. The molecular weight excluding hydrogens is 246 g/mol. The third-order valence-corrected chi connectivity index (χ3v) is 3.17. The molecule has 2 rings (SSSR count). The molecule has 1 aliphatic rings. The topological polar surface area (TPSA) is 66.8 Å². The van der Waals surface area contributed by atoms with E-state index in [1.54, 1.807) is 12.1 Å². The standard InChI is InChI=1S/C14H17NO4/c1-9-6-10(2)8-11(7-9)19-14(18)15-5-3-4-12(15)13(16)17/h6-8,12H,3-5H2,1-2H3,(H,16,17). The van der Waals surface area contributed by atoms with E-state index in [1.165, 1.54) is 4.90 Å². The highest BCUT2D eigenvalue weighted by Gasteiger charge is 2.35. The molecule has 1 saturated heterocycles. The van der Waals surface area contributed by atoms with Crippen molar-refractivity contribution in [2.75, 3.05) is 6.54 Å². The van der Waals surface area contributed by atoms with Crippen LogP contribution in [-0.4, -0.2) is 34.7 Å². The second-order valence-electron chi connectivity index (χ2n) is 4.88. The molecule has 19 heavy (non-hydrogen) atoms. The van der Waals surface area contributed by atoms with E-state index in [2.05, 4.69) is 0 Å². The lowest BCUT2D eigenvalue weighted by atomic mass is 10.1. The molecule has 102 valence electrons. The zero-order chi connectivity index (χ0) is 14.0. The summed E-state index contributed by atoms with van der Waals surface area (Å²) in [6, 6.07) is 4.74. The highest BCUT2D eigenvalue weighted by Crippen LogP contribution is 2.21. The van der Waals surface area contributed by atoms with Crippen molar-refractivity contribution in [3.8, 4) is 5.75 Å². The first-order chi connectivity index (χ1) is 8.97. The van der Waals surface area contributed by atoms with E-state index >= 15 is 0 Å². The van der Waals surface area contributed by atoms with Gasteiger partial charge in [-0.05, 0) is 49.9 Å². The molecule has 1 aliphatic heterocycles. The molecule has 1 atom stereocenters. The Morgan fingerprint density at radius 1 is 1.26 bits per heavy atom. The molecule has 0 aliphatic carbocycles. The van der Waals surface area contributed by atoms with Crippen molar-refractivity contribution in [3.05, 3.63) is 29.3 Å². The van der Waals surface area contributed by atoms with Gasteiger partial charge in [0.1, 0.15) is 11.8 Å². The Labute approximate surface area is 111 Å². The van der Waals surface area contributed by atoms with Crippen LogP contribution in [0.2, 0.25) is 0 Å². The predicted octanol–water partition coefficient (Wildman–Crippen LogP) is 2.35. The molecule has 5 nitrogen and oxygen atoms in total. The molecule has 0 spiro atoms. The minimum absolute atomic E-state index is 0.431. The zero-order valence-electron chi connectivity index (χ0n) is 11.0. The van der Waals surface area contributed by atoms with Gasteiger partial charge in [-0.25, -0.2) is 9.59 Å². The molecule has 1 N–H and O–H groups in total. The molecule has 0 radical (unpaired) electrons. The van der Waals surface area contributed by atoms with Crippen molar-refractivity contribution >= 4 is 12.1 Å². The third-order valence-electron chi connectivity index (χ3n) is 3.17. The molecule has 0 aromatic heterocycles. The van der Waals surface area contributed by atoms with Gasteiger partial charge < -0.3 is 9.84 Å². The Morgan fingerprint density at radius 3 is 2.47 bits per heavy atom. The van der Waals surface area contributed by atoms with Gasteiger partial charge in [0.15, 0.2) is 0 Å². The van der Waals surface area contributed by atoms with Crippen molar-refractivity contribution in [2.45, 2.75) is 32.7 Å². The van der Waals surface area contributed by atoms with Crippen LogP contribution in [0.25, 0.3) is 0 Å². The second kappa shape index (κ2) is 5.30. The van der Waals surface area contributed by atoms with Crippen LogP contribution in [0, 0.1) is 13.8 Å². The van der Waals surface area contributed by atoms with Gasteiger partial charge in [0, 0.05) is 6.54 Å². The van der Waals surface area contributed by atoms with E-state index < -0.39 is 18.1 Å². The van der Waals surface area contributed by atoms with Crippen molar-refractivity contribution < 1.29 is 19.4 Å². The van der Waals surface area contributed by atoms with Crippen molar-refractivity contribution in [3.63, 3.8) is 0 Å². The molecule has 1 fully saturated rings. The van der Waals surface area contributed by atoms with E-state index in [0.717, 1.165) is 11.1 Å². The number of likely N-dealkylation sites (tertiary alicyclic amines) is 1. The molecule has 0 saturated carbocycles. The lowest BCUT2D eigenvalue weighted by Crippen LogP contribution is -2.41. The number of carbonyl (C=O) groups excluding carboxylic acids is 1. The number of aryl methyl sites for hydroxylation is 2. The van der Waals surface area contributed by atoms with Crippen LogP contribution >= 0.6 is 0 Å². The van der Waals surface area contributed by atoms with Crippen LogP contribution in [0.15, 0.2) is 18.2 Å². The quantitative estimate of drug-likeness (QED) is 0.889. The Hall–Kier alpha value is -2.04. The summed E-state index contributed by atoms with van der Waals surface area (Å²) >= 11 is 0. The number of carboxylic acid groups (broad SMARTS) is 1. The fourth-order valence-corrected chi connectivity index (χ4v) is 2.39. The molecule has 5 heteroatoms. The number of carbonyl (C=O) groups is 2. The minimum Gasteiger partial charge on any atom is -0.480 e. The van der Waals surface area contributed by atoms with Gasteiger partial charge >= 0.3 is 12.1 Å². The Bertz CT molecular complexity index is 492. The van der Waals surface area contributed by atoms with Gasteiger partial charge in [-0.2, -0.15) is 0 Å². The molecule has 0 bridgehead atoms. The van der Waals surface area contributed by atoms with Crippen molar-refractivity contribution in [2.24, 2.45) is 0 Å². The van der Waals surface area contributed by atoms with E-state index in [0.29, 0.717) is 25.1 Å². The minimum atomic E-state index is -0.977. The van der Waals surface area contributed by atoms with Crippen LogP contribution in [0.3, 0.4) is 0 Å². The van der Waals surface area contributed by atoms with E-state index in [1.807, 2.05) is 19.9 Å². The maximum Gasteiger partial charge on any atom is 0.415 e. The van der Waals surface area contributed by atoms with Gasteiger partial charge in [-0.15, -0.1) is 0 Å². The predicted molar refractivity (Wildman–Crippen MR) is 69.3 cm³/mol. The van der Waals surface area contributed by atoms with Gasteiger partial charge in [0.25, 0.3) is 0 Å². The lowest BCUT2D eigenvalue weighted by Gasteiger charge is -2.20. The van der Waals surface area contributed by atoms with E-state index in [9.17, 15) is 9.59 Å². The second-order valence-corrected chi connectivity index (χ2v) is 4.88. The van der Waals surface area contributed by atoms with Crippen LogP contribution in [0.5, 0.6) is 5.75 Å². The van der Waals surface area contributed by atoms with Crippen LogP contribution < -0.4 is 4.74 Å². The number of aliphatic carboxylic acids is 1. The first kappa shape index (κ1) is 13.4. The summed E-state index contributed by atoms with van der Waals surface area (Å²) in [7, 11) is 0. The Kier molecular flexibility index (Phi) is 3.74. The number of nitrogens with zero attached hydrogens (tertiary/aromatic N) is 1. The number of amides is 1.